The van der Waals surface area contributed by atoms with Crippen LogP contribution in [0.3, 0.4) is 0 Å². The lowest BCUT2D eigenvalue weighted by molar-refractivity contribution is 0.666. The maximum atomic E-state index is 5.94. The topological polar surface area (TPSA) is 81.1 Å². The minimum absolute atomic E-state index is 0.423. The smallest absolute Gasteiger partial charge is 0.193 e. The zero-order chi connectivity index (χ0) is 15.9. The fraction of sp³-hybridized carbons (Fsp3) is 0.438. The van der Waals surface area contributed by atoms with Crippen LogP contribution >= 0.6 is 0 Å². The number of hydrogen-bond acceptors (Lipinski definition) is 3. The molecule has 0 radical (unpaired) electrons. The number of aliphatic imine (C=N–C) groups is 1. The summed E-state index contributed by atoms with van der Waals surface area (Å²) in [5, 5.41) is 11.1. The molecule has 0 bridgehead atoms. The van der Waals surface area contributed by atoms with Gasteiger partial charge in [0.15, 0.2) is 5.96 Å². The fourth-order valence-electron chi connectivity index (χ4n) is 2.18. The molecule has 0 unspecified atom stereocenters. The van der Waals surface area contributed by atoms with E-state index in [1.54, 1.807) is 6.33 Å². The molecule has 0 fully saturated rings. The molecular formula is C16H24N6. The van der Waals surface area contributed by atoms with Gasteiger partial charge in [0.05, 0.1) is 6.54 Å². The van der Waals surface area contributed by atoms with Crippen molar-refractivity contribution in [3.8, 4) is 0 Å². The molecule has 1 heterocycles. The first kappa shape index (κ1) is 16.0. The van der Waals surface area contributed by atoms with Gasteiger partial charge in [0.1, 0.15) is 12.2 Å². The molecule has 0 spiro atoms. The van der Waals surface area contributed by atoms with Crippen LogP contribution in [0, 0.1) is 0 Å². The van der Waals surface area contributed by atoms with E-state index in [0.29, 0.717) is 18.4 Å². The lowest BCUT2D eigenvalue weighted by Gasteiger charge is -2.10. The summed E-state index contributed by atoms with van der Waals surface area (Å²) in [6.45, 7) is 7.71. The van der Waals surface area contributed by atoms with Crippen molar-refractivity contribution in [3.63, 3.8) is 0 Å². The van der Waals surface area contributed by atoms with Gasteiger partial charge in [-0.15, -0.1) is 10.2 Å². The summed E-state index contributed by atoms with van der Waals surface area (Å²) >= 11 is 0. The Hall–Kier alpha value is -2.37. The third-order valence-electron chi connectivity index (χ3n) is 3.46. The molecular weight excluding hydrogens is 276 g/mol. The third-order valence-corrected chi connectivity index (χ3v) is 3.46. The summed E-state index contributed by atoms with van der Waals surface area (Å²) in [5.41, 5.74) is 8.18. The molecule has 0 atom stereocenters. The zero-order valence-corrected chi connectivity index (χ0v) is 13.5. The Bertz CT molecular complexity index is 629. The maximum Gasteiger partial charge on any atom is 0.193 e. The van der Waals surface area contributed by atoms with E-state index in [2.05, 4.69) is 53.4 Å². The number of anilines is 1. The van der Waals surface area contributed by atoms with Gasteiger partial charge in [0, 0.05) is 18.7 Å². The molecule has 0 saturated heterocycles. The zero-order valence-electron chi connectivity index (χ0n) is 13.5. The summed E-state index contributed by atoms with van der Waals surface area (Å²) in [5.74, 6) is 1.87. The summed E-state index contributed by atoms with van der Waals surface area (Å²) in [4.78, 5) is 4.35. The number of nitrogens with zero attached hydrogens (tertiary/aromatic N) is 4. The van der Waals surface area contributed by atoms with Crippen molar-refractivity contribution in [2.75, 3.05) is 11.9 Å². The molecule has 0 aliphatic heterocycles. The van der Waals surface area contributed by atoms with Gasteiger partial charge in [-0.3, -0.25) is 4.99 Å². The van der Waals surface area contributed by atoms with Crippen LogP contribution in [0.15, 0.2) is 35.6 Å². The first-order valence-electron chi connectivity index (χ1n) is 7.63. The van der Waals surface area contributed by atoms with Crippen LogP contribution in [-0.2, 0) is 13.0 Å². The van der Waals surface area contributed by atoms with Gasteiger partial charge in [0.2, 0.25) is 0 Å². The van der Waals surface area contributed by atoms with Crippen LogP contribution in [0.25, 0.3) is 0 Å². The second kappa shape index (κ2) is 7.59. The molecule has 3 N–H and O–H groups in total. The molecule has 6 nitrogen and oxygen atoms in total. The average Bonchev–Trinajstić information content (AvgIpc) is 2.95. The fourth-order valence-corrected chi connectivity index (χ4v) is 2.18. The van der Waals surface area contributed by atoms with Crippen molar-refractivity contribution in [2.45, 2.75) is 39.7 Å². The van der Waals surface area contributed by atoms with Gasteiger partial charge in [-0.2, -0.15) is 0 Å². The van der Waals surface area contributed by atoms with Gasteiger partial charge in [-0.05, 0) is 23.6 Å². The van der Waals surface area contributed by atoms with Crippen LogP contribution in [0.2, 0.25) is 0 Å². The number of aryl methyl sites for hydroxylation is 1. The summed E-state index contributed by atoms with van der Waals surface area (Å²) < 4.78 is 2.00. The van der Waals surface area contributed by atoms with Crippen LogP contribution in [-0.4, -0.2) is 27.3 Å². The molecule has 0 saturated carbocycles. The Morgan fingerprint density at radius 1 is 1.41 bits per heavy atom. The number of hydrogen-bond donors (Lipinski definition) is 2. The Labute approximate surface area is 131 Å². The largest absolute Gasteiger partial charge is 0.370 e. The predicted molar refractivity (Wildman–Crippen MR) is 90.0 cm³/mol. The summed E-state index contributed by atoms with van der Waals surface area (Å²) in [7, 11) is 0. The highest BCUT2D eigenvalue weighted by molar-refractivity contribution is 5.92. The Morgan fingerprint density at radius 2 is 2.23 bits per heavy atom. The second-order valence-electron chi connectivity index (χ2n) is 5.47. The molecule has 1 aromatic heterocycles. The number of benzene rings is 1. The van der Waals surface area contributed by atoms with Crippen LogP contribution in [0.1, 0.15) is 38.1 Å². The summed E-state index contributed by atoms with van der Waals surface area (Å²) in [6, 6.07) is 8.22. The van der Waals surface area contributed by atoms with Crippen molar-refractivity contribution < 1.29 is 0 Å². The van der Waals surface area contributed by atoms with Gasteiger partial charge < -0.3 is 15.6 Å². The molecule has 2 aromatic rings. The van der Waals surface area contributed by atoms with Gasteiger partial charge in [-0.25, -0.2) is 0 Å². The highest BCUT2D eigenvalue weighted by Crippen LogP contribution is 2.18. The molecule has 6 heteroatoms. The van der Waals surface area contributed by atoms with E-state index >= 15 is 0 Å². The monoisotopic (exact) mass is 300 g/mol. The highest BCUT2D eigenvalue weighted by atomic mass is 15.3. The van der Waals surface area contributed by atoms with Crippen LogP contribution in [0.5, 0.6) is 0 Å². The lowest BCUT2D eigenvalue weighted by atomic mass is 10.0. The van der Waals surface area contributed by atoms with Gasteiger partial charge >= 0.3 is 0 Å². The number of nitrogens with one attached hydrogen (secondary N) is 1. The quantitative estimate of drug-likeness (QED) is 0.634. The van der Waals surface area contributed by atoms with Crippen LogP contribution < -0.4 is 11.1 Å². The third kappa shape index (κ3) is 4.31. The van der Waals surface area contributed by atoms with E-state index in [0.717, 1.165) is 24.5 Å². The van der Waals surface area contributed by atoms with Gasteiger partial charge in [0.25, 0.3) is 0 Å². The Kier molecular flexibility index (Phi) is 5.52. The SMILES string of the molecule is CCc1nncn1CCN=C(N)Nc1cccc(C(C)C)c1. The number of rotatable bonds is 6. The minimum Gasteiger partial charge on any atom is -0.370 e. The number of nitrogens with two attached hydrogens (primary N) is 1. The Balaban J connectivity index is 1.91. The number of guanidine groups is 1. The van der Waals surface area contributed by atoms with Crippen molar-refractivity contribution in [3.05, 3.63) is 42.0 Å². The lowest BCUT2D eigenvalue weighted by Crippen LogP contribution is -2.23. The maximum absolute atomic E-state index is 5.94. The molecule has 0 aliphatic carbocycles. The molecule has 1 aromatic carbocycles. The van der Waals surface area contributed by atoms with Crippen molar-refractivity contribution >= 4 is 11.6 Å². The van der Waals surface area contributed by atoms with E-state index in [9.17, 15) is 0 Å². The van der Waals surface area contributed by atoms with E-state index in [1.165, 1.54) is 5.56 Å². The highest BCUT2D eigenvalue weighted by Gasteiger charge is 2.02. The molecule has 0 aliphatic rings. The average molecular weight is 300 g/mol. The van der Waals surface area contributed by atoms with Crippen LogP contribution in [0.4, 0.5) is 5.69 Å². The van der Waals surface area contributed by atoms with Gasteiger partial charge in [-0.1, -0.05) is 32.9 Å². The molecule has 0 amide bonds. The normalized spacial score (nSPS) is 11.9. The second-order valence-corrected chi connectivity index (χ2v) is 5.47. The predicted octanol–water partition coefficient (Wildman–Crippen LogP) is 2.39. The Morgan fingerprint density at radius 3 is 2.95 bits per heavy atom. The van der Waals surface area contributed by atoms with E-state index in [-0.39, 0.29) is 0 Å². The molecule has 118 valence electrons. The van der Waals surface area contributed by atoms with E-state index in [1.807, 2.05) is 16.7 Å². The van der Waals surface area contributed by atoms with E-state index in [4.69, 9.17) is 5.73 Å². The summed E-state index contributed by atoms with van der Waals surface area (Å²) in [6.07, 6.45) is 2.59. The van der Waals surface area contributed by atoms with Crippen molar-refractivity contribution in [1.29, 1.82) is 0 Å². The van der Waals surface area contributed by atoms with E-state index < -0.39 is 0 Å². The minimum atomic E-state index is 0.423. The number of aromatic nitrogens is 3. The van der Waals surface area contributed by atoms with Crippen molar-refractivity contribution in [2.24, 2.45) is 10.7 Å². The molecule has 22 heavy (non-hydrogen) atoms. The first-order chi connectivity index (χ1) is 10.6. The first-order valence-corrected chi connectivity index (χ1v) is 7.63. The molecule has 2 rings (SSSR count). The standard InChI is InChI=1S/C16H24N6/c1-4-15-21-19-11-22(15)9-8-18-16(17)20-14-7-5-6-13(10-14)12(2)3/h5-7,10-12H,4,8-9H2,1-3H3,(H3,17,18,20). The van der Waals surface area contributed by atoms with Crippen molar-refractivity contribution in [1.82, 2.24) is 14.8 Å².